The van der Waals surface area contributed by atoms with Crippen molar-refractivity contribution in [2.45, 2.75) is 33.6 Å². The maximum atomic E-state index is 10.9. The Morgan fingerprint density at radius 2 is 2.21 bits per heavy atom. The van der Waals surface area contributed by atoms with E-state index in [1.807, 2.05) is 0 Å². The average molecular weight is 261 g/mol. The minimum Gasteiger partial charge on any atom is -0.481 e. The molecule has 1 saturated heterocycles. The molecule has 0 amide bonds. The van der Waals surface area contributed by atoms with Gasteiger partial charge in [-0.1, -0.05) is 26.0 Å². The highest BCUT2D eigenvalue weighted by atomic mass is 16.4. The summed E-state index contributed by atoms with van der Waals surface area (Å²) < 4.78 is 0. The van der Waals surface area contributed by atoms with Crippen molar-refractivity contribution in [3.63, 3.8) is 0 Å². The molecule has 1 aromatic rings. The lowest BCUT2D eigenvalue weighted by Gasteiger charge is -2.45. The zero-order valence-corrected chi connectivity index (χ0v) is 12.0. The lowest BCUT2D eigenvalue weighted by atomic mass is 9.72. The Kier molecular flexibility index (Phi) is 3.83. The molecule has 3 nitrogen and oxygen atoms in total. The summed E-state index contributed by atoms with van der Waals surface area (Å²) in [5, 5.41) is 9.00. The summed E-state index contributed by atoms with van der Waals surface area (Å²) >= 11 is 0. The molecule has 1 unspecified atom stereocenters. The average Bonchev–Trinajstić information content (AvgIpc) is 2.31. The van der Waals surface area contributed by atoms with Gasteiger partial charge >= 0.3 is 5.97 Å². The number of hydrogen-bond acceptors (Lipinski definition) is 2. The number of nitrogens with zero attached hydrogens (tertiary/aromatic N) is 1. The molecule has 0 saturated carbocycles. The quantitative estimate of drug-likeness (QED) is 0.907. The molecule has 1 atom stereocenters. The van der Waals surface area contributed by atoms with Gasteiger partial charge in [-0.2, -0.15) is 0 Å². The summed E-state index contributed by atoms with van der Waals surface area (Å²) in [7, 11) is 0. The van der Waals surface area contributed by atoms with Crippen LogP contribution < -0.4 is 4.90 Å². The summed E-state index contributed by atoms with van der Waals surface area (Å²) in [6, 6.07) is 8.53. The van der Waals surface area contributed by atoms with Gasteiger partial charge < -0.3 is 10.0 Å². The minimum absolute atomic E-state index is 0.0420. The largest absolute Gasteiger partial charge is 0.481 e. The van der Waals surface area contributed by atoms with Crippen LogP contribution in [0, 0.1) is 18.3 Å². The van der Waals surface area contributed by atoms with Gasteiger partial charge in [0.15, 0.2) is 0 Å². The van der Waals surface area contributed by atoms with Gasteiger partial charge in [0.2, 0.25) is 0 Å². The van der Waals surface area contributed by atoms with Crippen LogP contribution in [0.25, 0.3) is 0 Å². The molecule has 2 rings (SSSR count). The van der Waals surface area contributed by atoms with E-state index < -0.39 is 5.97 Å². The second kappa shape index (κ2) is 5.24. The maximum absolute atomic E-state index is 10.9. The standard InChI is InChI=1S/C16H23NO2/c1-12-5-4-6-14(9-12)17-8-7-13(10-15(18)19)16(2,3)11-17/h4-6,9,13H,7-8,10-11H2,1-3H3,(H,18,19). The molecule has 1 aliphatic heterocycles. The molecule has 3 heteroatoms. The van der Waals surface area contributed by atoms with Crippen LogP contribution in [0.5, 0.6) is 0 Å². The lowest BCUT2D eigenvalue weighted by Crippen LogP contribution is -2.46. The summed E-state index contributed by atoms with van der Waals surface area (Å²) in [5.74, 6) is -0.409. The smallest absolute Gasteiger partial charge is 0.303 e. The zero-order valence-electron chi connectivity index (χ0n) is 12.0. The SMILES string of the molecule is Cc1cccc(N2CCC(CC(=O)O)C(C)(C)C2)c1. The summed E-state index contributed by atoms with van der Waals surface area (Å²) in [4.78, 5) is 13.3. The highest BCUT2D eigenvalue weighted by Crippen LogP contribution is 2.38. The normalized spacial score (nSPS) is 22.3. The molecule has 0 spiro atoms. The number of carbonyl (C=O) groups is 1. The van der Waals surface area contributed by atoms with Crippen LogP contribution in [0.1, 0.15) is 32.3 Å². The Morgan fingerprint density at radius 3 is 2.79 bits per heavy atom. The van der Waals surface area contributed by atoms with Gasteiger partial charge in [0.05, 0.1) is 0 Å². The van der Waals surface area contributed by atoms with Crippen molar-refractivity contribution in [1.29, 1.82) is 0 Å². The van der Waals surface area contributed by atoms with E-state index in [0.29, 0.717) is 0 Å². The van der Waals surface area contributed by atoms with E-state index in [2.05, 4.69) is 49.9 Å². The molecule has 0 aromatic heterocycles. The summed E-state index contributed by atoms with van der Waals surface area (Å²) in [6.07, 6.45) is 1.24. The predicted molar refractivity (Wildman–Crippen MR) is 77.5 cm³/mol. The predicted octanol–water partition coefficient (Wildman–Crippen LogP) is 3.32. The van der Waals surface area contributed by atoms with Gasteiger partial charge in [0, 0.05) is 25.2 Å². The first-order chi connectivity index (χ1) is 8.88. The first-order valence-corrected chi connectivity index (χ1v) is 6.92. The number of carboxylic acid groups (broad SMARTS) is 1. The molecule has 1 heterocycles. The van der Waals surface area contributed by atoms with E-state index in [1.165, 1.54) is 11.3 Å². The number of benzene rings is 1. The Labute approximate surface area is 115 Å². The first kappa shape index (κ1) is 13.9. The van der Waals surface area contributed by atoms with Crippen molar-refractivity contribution in [3.8, 4) is 0 Å². The van der Waals surface area contributed by atoms with Gasteiger partial charge in [-0.25, -0.2) is 0 Å². The van der Waals surface area contributed by atoms with Crippen LogP contribution in [0.3, 0.4) is 0 Å². The van der Waals surface area contributed by atoms with Crippen molar-refractivity contribution < 1.29 is 9.90 Å². The van der Waals surface area contributed by atoms with Crippen molar-refractivity contribution in [1.82, 2.24) is 0 Å². The Morgan fingerprint density at radius 1 is 1.47 bits per heavy atom. The number of aryl methyl sites for hydroxylation is 1. The van der Waals surface area contributed by atoms with Gasteiger partial charge in [-0.3, -0.25) is 4.79 Å². The number of hydrogen-bond donors (Lipinski definition) is 1. The van der Waals surface area contributed by atoms with E-state index in [4.69, 9.17) is 5.11 Å². The maximum Gasteiger partial charge on any atom is 0.303 e. The Hall–Kier alpha value is -1.51. The van der Waals surface area contributed by atoms with E-state index in [1.54, 1.807) is 0 Å². The minimum atomic E-state index is -0.679. The van der Waals surface area contributed by atoms with Crippen molar-refractivity contribution in [2.24, 2.45) is 11.3 Å². The van der Waals surface area contributed by atoms with Crippen molar-refractivity contribution >= 4 is 11.7 Å². The fourth-order valence-corrected chi connectivity index (χ4v) is 3.04. The fourth-order valence-electron chi connectivity index (χ4n) is 3.04. The number of carboxylic acids is 1. The monoisotopic (exact) mass is 261 g/mol. The van der Waals surface area contributed by atoms with Crippen LogP contribution in [0.4, 0.5) is 5.69 Å². The molecule has 1 aromatic carbocycles. The van der Waals surface area contributed by atoms with E-state index in [-0.39, 0.29) is 17.8 Å². The number of aliphatic carboxylic acids is 1. The summed E-state index contributed by atoms with van der Waals surface area (Å²) in [5.41, 5.74) is 2.56. The van der Waals surface area contributed by atoms with Crippen LogP contribution in [0.2, 0.25) is 0 Å². The topological polar surface area (TPSA) is 40.5 Å². The van der Waals surface area contributed by atoms with E-state index in [0.717, 1.165) is 19.5 Å². The third-order valence-electron chi connectivity index (χ3n) is 4.24. The number of rotatable bonds is 3. The van der Waals surface area contributed by atoms with E-state index in [9.17, 15) is 4.79 Å². The molecule has 1 aliphatic rings. The zero-order chi connectivity index (χ0) is 14.0. The molecule has 0 radical (unpaired) electrons. The van der Waals surface area contributed by atoms with Crippen molar-refractivity contribution in [2.75, 3.05) is 18.0 Å². The second-order valence-electron chi connectivity index (χ2n) is 6.33. The Bertz CT molecular complexity index is 468. The van der Waals surface area contributed by atoms with E-state index >= 15 is 0 Å². The second-order valence-corrected chi connectivity index (χ2v) is 6.33. The van der Waals surface area contributed by atoms with Gasteiger partial charge in [0.1, 0.15) is 0 Å². The van der Waals surface area contributed by atoms with Crippen LogP contribution in [-0.2, 0) is 4.79 Å². The lowest BCUT2D eigenvalue weighted by molar-refractivity contribution is -0.139. The van der Waals surface area contributed by atoms with Gasteiger partial charge in [-0.05, 0) is 42.4 Å². The Balaban J connectivity index is 2.11. The number of piperidine rings is 1. The highest BCUT2D eigenvalue weighted by molar-refractivity contribution is 5.67. The fraction of sp³-hybridized carbons (Fsp3) is 0.562. The van der Waals surface area contributed by atoms with Gasteiger partial charge in [-0.15, -0.1) is 0 Å². The third-order valence-corrected chi connectivity index (χ3v) is 4.24. The van der Waals surface area contributed by atoms with Crippen molar-refractivity contribution in [3.05, 3.63) is 29.8 Å². The highest BCUT2D eigenvalue weighted by Gasteiger charge is 2.36. The molecule has 0 bridgehead atoms. The van der Waals surface area contributed by atoms with Crippen LogP contribution in [-0.4, -0.2) is 24.2 Å². The number of anilines is 1. The van der Waals surface area contributed by atoms with Gasteiger partial charge in [0.25, 0.3) is 0 Å². The first-order valence-electron chi connectivity index (χ1n) is 6.92. The molecular formula is C16H23NO2. The molecule has 1 fully saturated rings. The molecule has 104 valence electrons. The molecule has 1 N–H and O–H groups in total. The van der Waals surface area contributed by atoms with Crippen LogP contribution >= 0.6 is 0 Å². The molecular weight excluding hydrogens is 238 g/mol. The third kappa shape index (κ3) is 3.28. The molecule has 0 aliphatic carbocycles. The van der Waals surface area contributed by atoms with Crippen LogP contribution in [0.15, 0.2) is 24.3 Å². The summed E-state index contributed by atoms with van der Waals surface area (Å²) in [6.45, 7) is 8.34. The molecule has 19 heavy (non-hydrogen) atoms.